The summed E-state index contributed by atoms with van der Waals surface area (Å²) in [5.41, 5.74) is 0.871. The number of hydrogen-bond acceptors (Lipinski definition) is 5. The van der Waals surface area contributed by atoms with Crippen LogP contribution in [0.15, 0.2) is 58.3 Å². The average molecular weight is 439 g/mol. The summed E-state index contributed by atoms with van der Waals surface area (Å²) < 4.78 is 58.9. The van der Waals surface area contributed by atoms with Crippen LogP contribution in [0.3, 0.4) is 0 Å². The molecule has 29 heavy (non-hydrogen) atoms. The largest absolute Gasteiger partial charge is 0.494 e. The van der Waals surface area contributed by atoms with E-state index in [0.29, 0.717) is 6.61 Å². The van der Waals surface area contributed by atoms with Crippen LogP contribution in [0.25, 0.3) is 0 Å². The molecule has 0 N–H and O–H groups in total. The Labute approximate surface area is 173 Å². The molecule has 1 saturated carbocycles. The van der Waals surface area contributed by atoms with Crippen molar-refractivity contribution in [2.24, 2.45) is 0 Å². The van der Waals surface area contributed by atoms with Gasteiger partial charge in [0.1, 0.15) is 5.75 Å². The summed E-state index contributed by atoms with van der Waals surface area (Å²) in [6.45, 7) is 2.74. The van der Waals surface area contributed by atoms with Crippen LogP contribution in [0.5, 0.6) is 5.75 Å². The van der Waals surface area contributed by atoms with Crippen molar-refractivity contribution in [1.82, 2.24) is 8.61 Å². The van der Waals surface area contributed by atoms with Gasteiger partial charge in [0.15, 0.2) is 0 Å². The van der Waals surface area contributed by atoms with Crippen molar-refractivity contribution in [1.29, 1.82) is 0 Å². The third-order valence-electron chi connectivity index (χ3n) is 4.74. The van der Waals surface area contributed by atoms with Crippen LogP contribution in [0, 0.1) is 0 Å². The predicted octanol–water partition coefficient (Wildman–Crippen LogP) is 2.69. The number of sulfonamides is 2. The molecule has 7 nitrogen and oxygen atoms in total. The molecule has 158 valence electrons. The van der Waals surface area contributed by atoms with Crippen molar-refractivity contribution in [2.45, 2.75) is 42.1 Å². The average Bonchev–Trinajstić information content (AvgIpc) is 3.52. The lowest BCUT2D eigenvalue weighted by atomic mass is 10.2. The predicted molar refractivity (Wildman–Crippen MR) is 111 cm³/mol. The minimum Gasteiger partial charge on any atom is -0.494 e. The van der Waals surface area contributed by atoms with E-state index < -0.39 is 20.0 Å². The van der Waals surface area contributed by atoms with Gasteiger partial charge in [0.25, 0.3) is 0 Å². The Morgan fingerprint density at radius 2 is 1.38 bits per heavy atom. The van der Waals surface area contributed by atoms with Crippen molar-refractivity contribution in [3.8, 4) is 5.75 Å². The Kier molecular flexibility index (Phi) is 6.33. The van der Waals surface area contributed by atoms with Crippen LogP contribution in [0.1, 0.15) is 25.3 Å². The first-order valence-corrected chi connectivity index (χ1v) is 12.3. The van der Waals surface area contributed by atoms with E-state index in [9.17, 15) is 16.8 Å². The summed E-state index contributed by atoms with van der Waals surface area (Å²) in [5, 5.41) is 0. The standard InChI is InChI=1S/C20H26N2O5S2/c1-4-27-18-9-5-16(6-10-18)15-22(17-7-8-17)29(25,26)20-13-11-19(12-14-20)28(23,24)21(2)3/h5-6,9-14,17H,4,7-8,15H2,1-3H3. The third-order valence-corrected chi connectivity index (χ3v) is 8.48. The lowest BCUT2D eigenvalue weighted by molar-refractivity contribution is 0.340. The molecule has 0 amide bonds. The van der Waals surface area contributed by atoms with Crippen LogP contribution < -0.4 is 4.74 Å². The van der Waals surface area contributed by atoms with Crippen LogP contribution in [0.2, 0.25) is 0 Å². The van der Waals surface area contributed by atoms with Gasteiger partial charge in [0.05, 0.1) is 16.4 Å². The Bertz CT molecular complexity index is 1040. The van der Waals surface area contributed by atoms with Gasteiger partial charge in [-0.25, -0.2) is 21.1 Å². The van der Waals surface area contributed by atoms with E-state index in [-0.39, 0.29) is 22.4 Å². The van der Waals surface area contributed by atoms with Gasteiger partial charge in [-0.1, -0.05) is 12.1 Å². The second-order valence-electron chi connectivity index (χ2n) is 7.12. The molecule has 0 heterocycles. The Hall–Kier alpha value is -1.94. The second kappa shape index (κ2) is 8.43. The molecule has 0 unspecified atom stereocenters. The molecule has 0 spiro atoms. The first-order valence-electron chi connectivity index (χ1n) is 9.42. The molecule has 0 bridgehead atoms. The molecular weight excluding hydrogens is 412 g/mol. The monoisotopic (exact) mass is 438 g/mol. The molecular formula is C20H26N2O5S2. The Morgan fingerprint density at radius 1 is 0.862 bits per heavy atom. The zero-order valence-electron chi connectivity index (χ0n) is 16.8. The van der Waals surface area contributed by atoms with Gasteiger partial charge in [-0.2, -0.15) is 4.31 Å². The molecule has 1 aliphatic rings. The van der Waals surface area contributed by atoms with E-state index in [1.54, 1.807) is 0 Å². The van der Waals surface area contributed by atoms with Crippen molar-refractivity contribution in [3.05, 3.63) is 54.1 Å². The summed E-state index contributed by atoms with van der Waals surface area (Å²) in [6.07, 6.45) is 1.65. The smallest absolute Gasteiger partial charge is 0.243 e. The van der Waals surface area contributed by atoms with Gasteiger partial charge < -0.3 is 4.74 Å². The molecule has 3 rings (SSSR count). The van der Waals surface area contributed by atoms with E-state index in [2.05, 4.69) is 0 Å². The molecule has 0 atom stereocenters. The number of hydrogen-bond donors (Lipinski definition) is 0. The summed E-state index contributed by atoms with van der Waals surface area (Å²) >= 11 is 0. The molecule has 0 radical (unpaired) electrons. The molecule has 2 aromatic rings. The Morgan fingerprint density at radius 3 is 1.83 bits per heavy atom. The van der Waals surface area contributed by atoms with E-state index in [1.807, 2.05) is 31.2 Å². The van der Waals surface area contributed by atoms with Crippen molar-refractivity contribution >= 4 is 20.0 Å². The highest BCUT2D eigenvalue weighted by Gasteiger charge is 2.38. The lowest BCUT2D eigenvalue weighted by Gasteiger charge is -2.22. The summed E-state index contributed by atoms with van der Waals surface area (Å²) in [6, 6.07) is 12.8. The van der Waals surface area contributed by atoms with E-state index in [0.717, 1.165) is 28.5 Å². The van der Waals surface area contributed by atoms with E-state index in [1.165, 1.54) is 42.7 Å². The van der Waals surface area contributed by atoms with Gasteiger partial charge in [0.2, 0.25) is 20.0 Å². The second-order valence-corrected chi connectivity index (χ2v) is 11.2. The number of rotatable bonds is 9. The zero-order chi connectivity index (χ0) is 21.2. The number of ether oxygens (including phenoxy) is 1. The van der Waals surface area contributed by atoms with Crippen molar-refractivity contribution < 1.29 is 21.6 Å². The maximum Gasteiger partial charge on any atom is 0.243 e. The van der Waals surface area contributed by atoms with E-state index in [4.69, 9.17) is 4.74 Å². The highest BCUT2D eigenvalue weighted by molar-refractivity contribution is 7.89. The molecule has 0 saturated heterocycles. The summed E-state index contributed by atoms with van der Waals surface area (Å²) in [4.78, 5) is 0.152. The van der Waals surface area contributed by atoms with Crippen LogP contribution >= 0.6 is 0 Å². The maximum absolute atomic E-state index is 13.2. The fourth-order valence-corrected chi connectivity index (χ4v) is 5.52. The fraction of sp³-hybridized carbons (Fsp3) is 0.400. The van der Waals surface area contributed by atoms with E-state index >= 15 is 0 Å². The van der Waals surface area contributed by atoms with Crippen LogP contribution in [-0.2, 0) is 26.6 Å². The molecule has 2 aromatic carbocycles. The third kappa shape index (κ3) is 4.80. The zero-order valence-corrected chi connectivity index (χ0v) is 18.4. The highest BCUT2D eigenvalue weighted by Crippen LogP contribution is 2.34. The molecule has 9 heteroatoms. The molecule has 1 fully saturated rings. The van der Waals surface area contributed by atoms with Crippen molar-refractivity contribution in [3.63, 3.8) is 0 Å². The minimum atomic E-state index is -3.75. The molecule has 0 aliphatic heterocycles. The fourth-order valence-electron chi connectivity index (χ4n) is 2.94. The van der Waals surface area contributed by atoms with Gasteiger partial charge >= 0.3 is 0 Å². The van der Waals surface area contributed by atoms with Crippen LogP contribution in [0.4, 0.5) is 0 Å². The van der Waals surface area contributed by atoms with Gasteiger partial charge in [-0.15, -0.1) is 0 Å². The SMILES string of the molecule is CCOc1ccc(CN(C2CC2)S(=O)(=O)c2ccc(S(=O)(=O)N(C)C)cc2)cc1. The summed E-state index contributed by atoms with van der Waals surface area (Å²) in [5.74, 6) is 0.745. The minimum absolute atomic E-state index is 0.0308. The Balaban J connectivity index is 1.85. The van der Waals surface area contributed by atoms with Gasteiger partial charge in [-0.3, -0.25) is 0 Å². The van der Waals surface area contributed by atoms with Gasteiger partial charge in [0, 0.05) is 26.7 Å². The highest BCUT2D eigenvalue weighted by atomic mass is 32.2. The van der Waals surface area contributed by atoms with Crippen LogP contribution in [-0.4, -0.2) is 52.2 Å². The lowest BCUT2D eigenvalue weighted by Crippen LogP contribution is -2.32. The topological polar surface area (TPSA) is 84.0 Å². The summed E-state index contributed by atoms with van der Waals surface area (Å²) in [7, 11) is -4.48. The first kappa shape index (κ1) is 21.8. The maximum atomic E-state index is 13.2. The number of benzene rings is 2. The molecule has 1 aliphatic carbocycles. The normalized spacial score (nSPS) is 15.1. The van der Waals surface area contributed by atoms with Crippen molar-refractivity contribution in [2.75, 3.05) is 20.7 Å². The molecule has 0 aromatic heterocycles. The first-order chi connectivity index (χ1) is 13.7. The number of nitrogens with zero attached hydrogens (tertiary/aromatic N) is 2. The quantitative estimate of drug-likeness (QED) is 0.601. The van der Waals surface area contributed by atoms with Gasteiger partial charge in [-0.05, 0) is 61.7 Å².